The van der Waals surface area contributed by atoms with Crippen molar-refractivity contribution >= 4 is 44.8 Å². The lowest BCUT2D eigenvalue weighted by atomic mass is 10.1. The second-order valence-corrected chi connectivity index (χ2v) is 10.2. The molecule has 33 heavy (non-hydrogen) atoms. The second kappa shape index (κ2) is 9.12. The lowest BCUT2D eigenvalue weighted by Gasteiger charge is -2.44. The average molecular weight is 545 g/mol. The number of amides is 1. The highest BCUT2D eigenvalue weighted by Crippen LogP contribution is 2.40. The lowest BCUT2D eigenvalue weighted by Crippen LogP contribution is -2.55. The number of anilines is 2. The smallest absolute Gasteiger partial charge is 0.367 e. The highest BCUT2D eigenvalue weighted by molar-refractivity contribution is 9.10. The zero-order valence-corrected chi connectivity index (χ0v) is 21.1. The largest absolute Gasteiger partial charge is 0.417 e. The standard InChI is InChI=1S/C24H26BrClF3N3O/c1-14-12-31(13-15(2)30(14)3)21-11-20-16(9-19(21)25)7-8-32(20)22(33)10-17-5-4-6-18(23(17)26)24(27,28)29/h4-6,9,11,14-15H,7-8,10,12-13H2,1-3H3. The van der Waals surface area contributed by atoms with Crippen LogP contribution < -0.4 is 9.80 Å². The molecule has 1 amide bonds. The molecule has 0 aromatic heterocycles. The number of halogens is 5. The fourth-order valence-corrected chi connectivity index (χ4v) is 5.63. The molecule has 2 aromatic rings. The van der Waals surface area contributed by atoms with E-state index in [0.717, 1.165) is 40.6 Å². The lowest BCUT2D eigenvalue weighted by molar-refractivity contribution is -0.137. The summed E-state index contributed by atoms with van der Waals surface area (Å²) in [6.07, 6.45) is -4.05. The van der Waals surface area contributed by atoms with Crippen molar-refractivity contribution in [3.63, 3.8) is 0 Å². The molecular formula is C24H26BrClF3N3O. The van der Waals surface area contributed by atoms with Crippen molar-refractivity contribution in [2.75, 3.05) is 36.5 Å². The molecule has 0 saturated carbocycles. The van der Waals surface area contributed by atoms with Gasteiger partial charge in [0, 0.05) is 41.9 Å². The van der Waals surface area contributed by atoms with Gasteiger partial charge in [-0.05, 0) is 72.6 Å². The van der Waals surface area contributed by atoms with Gasteiger partial charge in [-0.1, -0.05) is 23.7 Å². The molecule has 2 aromatic carbocycles. The Bertz CT molecular complexity index is 1070. The van der Waals surface area contributed by atoms with E-state index >= 15 is 0 Å². The minimum absolute atomic E-state index is 0.184. The van der Waals surface area contributed by atoms with E-state index in [1.807, 2.05) is 6.07 Å². The molecule has 0 spiro atoms. The minimum Gasteiger partial charge on any atom is -0.367 e. The van der Waals surface area contributed by atoms with E-state index in [1.165, 1.54) is 12.1 Å². The quantitative estimate of drug-likeness (QED) is 0.490. The summed E-state index contributed by atoms with van der Waals surface area (Å²) in [6, 6.07) is 8.56. The minimum atomic E-state index is -4.56. The SMILES string of the molecule is CC1CN(c2cc3c(cc2Br)CCN3C(=O)Cc2cccc(C(F)(F)F)c2Cl)CC(C)N1C. The van der Waals surface area contributed by atoms with Gasteiger partial charge in [-0.2, -0.15) is 13.2 Å². The first kappa shape index (κ1) is 24.4. The number of piperazine rings is 1. The monoisotopic (exact) mass is 543 g/mol. The van der Waals surface area contributed by atoms with Gasteiger partial charge in [-0.25, -0.2) is 0 Å². The van der Waals surface area contributed by atoms with Gasteiger partial charge >= 0.3 is 6.18 Å². The number of benzene rings is 2. The van der Waals surface area contributed by atoms with Crippen LogP contribution in [0.3, 0.4) is 0 Å². The highest BCUT2D eigenvalue weighted by Gasteiger charge is 2.35. The molecule has 1 saturated heterocycles. The van der Waals surface area contributed by atoms with Crippen LogP contribution in [0.25, 0.3) is 0 Å². The van der Waals surface area contributed by atoms with E-state index in [9.17, 15) is 18.0 Å². The number of likely N-dealkylation sites (N-methyl/N-ethyl adjacent to an activating group) is 1. The maximum atomic E-state index is 13.2. The Labute approximate surface area is 205 Å². The molecule has 4 nitrogen and oxygen atoms in total. The van der Waals surface area contributed by atoms with Gasteiger partial charge in [-0.15, -0.1) is 0 Å². The molecule has 178 valence electrons. The van der Waals surface area contributed by atoms with Gasteiger partial charge in [-0.3, -0.25) is 9.69 Å². The van der Waals surface area contributed by atoms with Crippen LogP contribution >= 0.6 is 27.5 Å². The number of hydrogen-bond donors (Lipinski definition) is 0. The Kier molecular flexibility index (Phi) is 6.73. The molecule has 9 heteroatoms. The Morgan fingerprint density at radius 3 is 2.45 bits per heavy atom. The third-order valence-corrected chi connectivity index (χ3v) is 7.85. The first-order chi connectivity index (χ1) is 15.5. The summed E-state index contributed by atoms with van der Waals surface area (Å²) >= 11 is 9.73. The van der Waals surface area contributed by atoms with Gasteiger partial charge in [0.2, 0.25) is 5.91 Å². The number of carbonyl (C=O) groups is 1. The maximum Gasteiger partial charge on any atom is 0.417 e. The predicted octanol–water partition coefficient (Wildman–Crippen LogP) is 5.78. The molecule has 2 atom stereocenters. The number of carbonyl (C=O) groups excluding carboxylic acids is 1. The van der Waals surface area contributed by atoms with Crippen molar-refractivity contribution in [3.05, 3.63) is 56.5 Å². The average Bonchev–Trinajstić information content (AvgIpc) is 3.14. The van der Waals surface area contributed by atoms with Gasteiger partial charge in [0.15, 0.2) is 0 Å². The predicted molar refractivity (Wildman–Crippen MR) is 129 cm³/mol. The van der Waals surface area contributed by atoms with Crippen molar-refractivity contribution in [3.8, 4) is 0 Å². The third kappa shape index (κ3) is 4.75. The number of nitrogens with zero attached hydrogens (tertiary/aromatic N) is 3. The van der Waals surface area contributed by atoms with Gasteiger partial charge in [0.25, 0.3) is 0 Å². The number of hydrogen-bond acceptors (Lipinski definition) is 3. The highest BCUT2D eigenvalue weighted by atomic mass is 79.9. The molecule has 2 heterocycles. The molecule has 4 rings (SSSR count). The molecule has 0 N–H and O–H groups in total. The molecule has 2 aliphatic heterocycles. The molecule has 0 bridgehead atoms. The van der Waals surface area contributed by atoms with Gasteiger partial charge in [0.05, 0.1) is 22.7 Å². The first-order valence-corrected chi connectivity index (χ1v) is 12.1. The van der Waals surface area contributed by atoms with Crippen LogP contribution in [-0.2, 0) is 23.8 Å². The summed E-state index contributed by atoms with van der Waals surface area (Å²) in [5, 5.41) is -0.408. The Hall–Kier alpha value is -1.77. The fourth-order valence-electron chi connectivity index (χ4n) is 4.69. The van der Waals surface area contributed by atoms with Gasteiger partial charge < -0.3 is 9.80 Å². The summed E-state index contributed by atoms with van der Waals surface area (Å²) in [6.45, 7) is 6.62. The van der Waals surface area contributed by atoms with Crippen LogP contribution in [0, 0.1) is 0 Å². The van der Waals surface area contributed by atoms with Crippen LogP contribution in [0.15, 0.2) is 34.8 Å². The maximum absolute atomic E-state index is 13.2. The van der Waals surface area contributed by atoms with E-state index in [2.05, 4.69) is 52.7 Å². The van der Waals surface area contributed by atoms with Crippen LogP contribution in [0.2, 0.25) is 5.02 Å². The van der Waals surface area contributed by atoms with Crippen LogP contribution in [0.1, 0.15) is 30.5 Å². The van der Waals surface area contributed by atoms with Crippen LogP contribution in [0.5, 0.6) is 0 Å². The normalized spacial score (nSPS) is 21.5. The van der Waals surface area contributed by atoms with Gasteiger partial charge in [0.1, 0.15) is 0 Å². The topological polar surface area (TPSA) is 26.8 Å². The molecule has 2 aliphatic rings. The molecule has 0 aliphatic carbocycles. The summed E-state index contributed by atoms with van der Waals surface area (Å²) in [5.41, 5.74) is 2.16. The van der Waals surface area contributed by atoms with Crippen LogP contribution in [-0.4, -0.2) is 49.6 Å². The van der Waals surface area contributed by atoms with Crippen molar-refractivity contribution < 1.29 is 18.0 Å². The summed E-state index contributed by atoms with van der Waals surface area (Å²) in [5.74, 6) is -0.261. The second-order valence-electron chi connectivity index (χ2n) is 8.95. The van der Waals surface area contributed by atoms with Crippen molar-refractivity contribution in [2.45, 2.75) is 44.9 Å². The Morgan fingerprint density at radius 1 is 1.15 bits per heavy atom. The Morgan fingerprint density at radius 2 is 1.82 bits per heavy atom. The first-order valence-electron chi connectivity index (χ1n) is 10.9. The summed E-state index contributed by atoms with van der Waals surface area (Å²) in [7, 11) is 2.13. The summed E-state index contributed by atoms with van der Waals surface area (Å²) in [4.78, 5) is 19.5. The summed E-state index contributed by atoms with van der Waals surface area (Å²) < 4.78 is 40.6. The molecule has 2 unspecified atom stereocenters. The zero-order chi connectivity index (χ0) is 24.1. The van der Waals surface area contributed by atoms with E-state index < -0.39 is 16.8 Å². The van der Waals surface area contributed by atoms with Crippen molar-refractivity contribution in [1.82, 2.24) is 4.90 Å². The van der Waals surface area contributed by atoms with Crippen molar-refractivity contribution in [1.29, 1.82) is 0 Å². The zero-order valence-electron chi connectivity index (χ0n) is 18.7. The fraction of sp³-hybridized carbons (Fsp3) is 0.458. The number of alkyl halides is 3. The Balaban J connectivity index is 1.60. The van der Waals surface area contributed by atoms with E-state index in [4.69, 9.17) is 11.6 Å². The van der Waals surface area contributed by atoms with E-state index in [-0.39, 0.29) is 17.9 Å². The molecule has 0 radical (unpaired) electrons. The number of rotatable bonds is 3. The van der Waals surface area contributed by atoms with Crippen LogP contribution in [0.4, 0.5) is 24.5 Å². The molecular weight excluding hydrogens is 519 g/mol. The van der Waals surface area contributed by atoms with Crippen molar-refractivity contribution in [2.24, 2.45) is 0 Å². The van der Waals surface area contributed by atoms with E-state index in [0.29, 0.717) is 25.0 Å². The third-order valence-electron chi connectivity index (χ3n) is 6.77. The number of fused-ring (bicyclic) bond motifs is 1. The molecule has 1 fully saturated rings. The van der Waals surface area contributed by atoms with E-state index in [1.54, 1.807) is 4.90 Å².